The van der Waals surface area contributed by atoms with Gasteiger partial charge >= 0.3 is 0 Å². The lowest BCUT2D eigenvalue weighted by Gasteiger charge is -2.35. The van der Waals surface area contributed by atoms with Gasteiger partial charge in [-0.15, -0.1) is 5.10 Å². The van der Waals surface area contributed by atoms with Crippen molar-refractivity contribution in [1.29, 1.82) is 0 Å². The average Bonchev–Trinajstić information content (AvgIpc) is 3.65. The van der Waals surface area contributed by atoms with E-state index in [1.54, 1.807) is 4.68 Å². The predicted molar refractivity (Wildman–Crippen MR) is 188 cm³/mol. The third kappa shape index (κ3) is 8.71. The van der Waals surface area contributed by atoms with Crippen LogP contribution in [0.4, 0.5) is 11.4 Å². The van der Waals surface area contributed by atoms with Gasteiger partial charge in [-0.3, -0.25) is 14.4 Å². The van der Waals surface area contributed by atoms with E-state index in [9.17, 15) is 19.8 Å². The number of amides is 1. The largest absolute Gasteiger partial charge is 0.494 e. The molecule has 3 aromatic rings. The molecule has 12 heteroatoms. The number of hydrogen-bond donors (Lipinski definition) is 4. The van der Waals surface area contributed by atoms with Gasteiger partial charge in [0, 0.05) is 43.6 Å². The van der Waals surface area contributed by atoms with Crippen molar-refractivity contribution in [3.8, 4) is 5.75 Å². The quantitative estimate of drug-likeness (QED) is 0.122. The number of aryl methyl sites for hydroxylation is 2. The van der Waals surface area contributed by atoms with Gasteiger partial charge in [-0.25, -0.2) is 0 Å². The minimum absolute atomic E-state index is 0.0139. The molecule has 1 unspecified atom stereocenters. The highest BCUT2D eigenvalue weighted by molar-refractivity contribution is 6.71. The molecule has 0 aliphatic carbocycles. The van der Waals surface area contributed by atoms with Crippen LogP contribution in [0.1, 0.15) is 56.4 Å². The number of nitrogens with one attached hydrogen (secondary N) is 1. The first-order chi connectivity index (χ1) is 23.1. The molecule has 4 N–H and O–H groups in total. The van der Waals surface area contributed by atoms with Crippen LogP contribution in [-0.4, -0.2) is 88.8 Å². The molecule has 262 valence electrons. The second-order valence-electron chi connectivity index (χ2n) is 13.7. The zero-order chi connectivity index (χ0) is 34.3. The van der Waals surface area contributed by atoms with Gasteiger partial charge in [0.15, 0.2) is 8.32 Å². The Morgan fingerprint density at radius 1 is 1.04 bits per heavy atom. The van der Waals surface area contributed by atoms with Gasteiger partial charge in [0.1, 0.15) is 5.75 Å². The van der Waals surface area contributed by atoms with Crippen molar-refractivity contribution in [2.75, 3.05) is 31.3 Å². The maximum Gasteiger partial charge on any atom is 0.249 e. The second-order valence-corrected chi connectivity index (χ2v) is 17.7. The normalized spacial score (nSPS) is 22.7. The number of aromatic nitrogens is 3. The minimum Gasteiger partial charge on any atom is -0.494 e. The minimum atomic E-state index is -2.50. The molecule has 0 saturated carbocycles. The van der Waals surface area contributed by atoms with E-state index in [-0.39, 0.29) is 48.8 Å². The Morgan fingerprint density at radius 2 is 1.83 bits per heavy atom. The van der Waals surface area contributed by atoms with Crippen molar-refractivity contribution in [2.24, 2.45) is 5.92 Å². The maximum absolute atomic E-state index is 13.8. The van der Waals surface area contributed by atoms with Crippen LogP contribution in [-0.2, 0) is 35.3 Å². The summed E-state index contributed by atoms with van der Waals surface area (Å²) in [5.74, 6) is 1.04. The number of carbonyl (C=O) groups excluding carboxylic acids is 1. The summed E-state index contributed by atoms with van der Waals surface area (Å²) < 4.78 is 14.2. The fraction of sp³-hybridized carbons (Fsp3) is 0.583. The van der Waals surface area contributed by atoms with E-state index in [4.69, 9.17) is 9.47 Å². The maximum atomic E-state index is 13.8. The number of unbranched alkanes of at least 4 members (excludes halogenated alkanes) is 1. The summed E-state index contributed by atoms with van der Waals surface area (Å²) in [7, 11) is -2.50. The summed E-state index contributed by atoms with van der Waals surface area (Å²) in [6.45, 7) is 10.3. The number of fused-ring (bicyclic) bond motifs is 1. The molecule has 0 spiro atoms. The fourth-order valence-corrected chi connectivity index (χ4v) is 10.1. The SMILES string of the molecule is CCOc1ccc2c(c1)CC(NCCCCO)C(=O)N2c1ccc(CC[C@H]2O[C@@H](CCn3cc(CCO)nn3)[C@H]([Si](C)(C)O)[C@H]2C)cc1. The van der Waals surface area contributed by atoms with Crippen LogP contribution in [0.3, 0.4) is 0 Å². The van der Waals surface area contributed by atoms with E-state index in [2.05, 4.69) is 34.7 Å². The Morgan fingerprint density at radius 3 is 2.54 bits per heavy atom. The molecule has 1 saturated heterocycles. The Bertz CT molecular complexity index is 1480. The first kappa shape index (κ1) is 36.2. The zero-order valence-electron chi connectivity index (χ0n) is 28.8. The van der Waals surface area contributed by atoms with Crippen molar-refractivity contribution in [3.05, 3.63) is 65.5 Å². The third-order valence-electron chi connectivity index (χ3n) is 9.75. The molecule has 2 aromatic carbocycles. The number of ether oxygens (including phenoxy) is 2. The number of rotatable bonds is 17. The molecule has 2 aliphatic heterocycles. The van der Waals surface area contributed by atoms with Crippen LogP contribution in [0.15, 0.2) is 48.7 Å². The van der Waals surface area contributed by atoms with Gasteiger partial charge in [-0.2, -0.15) is 0 Å². The lowest BCUT2D eigenvalue weighted by atomic mass is 9.94. The first-order valence-corrected chi connectivity index (χ1v) is 20.6. The molecule has 48 heavy (non-hydrogen) atoms. The molecule has 0 radical (unpaired) electrons. The fourth-order valence-electron chi connectivity index (χ4n) is 7.46. The van der Waals surface area contributed by atoms with Crippen LogP contribution < -0.4 is 15.0 Å². The van der Waals surface area contributed by atoms with Gasteiger partial charge in [0.2, 0.25) is 5.91 Å². The van der Waals surface area contributed by atoms with E-state index in [1.165, 1.54) is 5.56 Å². The average molecular weight is 680 g/mol. The lowest BCUT2D eigenvalue weighted by molar-refractivity contribution is -0.120. The highest BCUT2D eigenvalue weighted by atomic mass is 28.4. The van der Waals surface area contributed by atoms with Gasteiger partial charge < -0.3 is 29.8 Å². The van der Waals surface area contributed by atoms with Gasteiger partial charge in [-0.05, 0) is 112 Å². The third-order valence-corrected chi connectivity index (χ3v) is 12.3. The summed E-state index contributed by atoms with van der Waals surface area (Å²) in [5.41, 5.74) is 4.82. The second kappa shape index (κ2) is 16.5. The van der Waals surface area contributed by atoms with E-state index < -0.39 is 8.32 Å². The number of aliphatic hydroxyl groups excluding tert-OH is 2. The predicted octanol–water partition coefficient (Wildman–Crippen LogP) is 4.16. The number of aliphatic hydroxyl groups is 2. The first-order valence-electron chi connectivity index (χ1n) is 17.5. The molecule has 1 fully saturated rings. The monoisotopic (exact) mass is 679 g/mol. The van der Waals surface area contributed by atoms with Crippen LogP contribution in [0.2, 0.25) is 18.6 Å². The van der Waals surface area contributed by atoms with Crippen LogP contribution in [0.25, 0.3) is 0 Å². The van der Waals surface area contributed by atoms with Crippen LogP contribution in [0.5, 0.6) is 5.75 Å². The molecule has 3 heterocycles. The van der Waals surface area contributed by atoms with E-state index >= 15 is 0 Å². The highest BCUT2D eigenvalue weighted by Crippen LogP contribution is 2.45. The summed E-state index contributed by atoms with van der Waals surface area (Å²) >= 11 is 0. The number of hydrogen-bond acceptors (Lipinski definition) is 9. The zero-order valence-corrected chi connectivity index (χ0v) is 29.8. The Hall–Kier alpha value is -3.13. The van der Waals surface area contributed by atoms with Crippen molar-refractivity contribution < 1.29 is 29.3 Å². The molecular formula is C36H53N5O6Si. The smallest absolute Gasteiger partial charge is 0.249 e. The highest BCUT2D eigenvalue weighted by Gasteiger charge is 2.49. The molecule has 2 aliphatic rings. The molecule has 1 aromatic heterocycles. The molecular weight excluding hydrogens is 627 g/mol. The molecule has 1 amide bonds. The van der Waals surface area contributed by atoms with Crippen molar-refractivity contribution in [3.63, 3.8) is 0 Å². The molecule has 0 bridgehead atoms. The van der Waals surface area contributed by atoms with E-state index in [1.807, 2.05) is 61.4 Å². The Labute approximate surface area is 285 Å². The Balaban J connectivity index is 1.25. The Kier molecular flexibility index (Phi) is 12.4. The standard InChI is InChI=1S/C36H53N5O6Si/c1-5-46-30-13-14-32-27(22-30)23-31(37-18-6-7-20-42)36(44)41(32)29-11-8-26(9-12-29)10-15-33-25(2)35(48(3,4)45)34(47-33)16-19-40-24-28(17-21-43)38-39-40/h8-9,11-14,22,24-25,31,33-35,37,42-43,45H,5-7,10,15-21,23H2,1-4H3/t25-,31?,33+,34-,35+/m0/s1. The molecule has 11 nitrogen and oxygen atoms in total. The molecule has 5 atom stereocenters. The molecule has 5 rings (SSSR count). The van der Waals surface area contributed by atoms with Crippen LogP contribution >= 0.6 is 0 Å². The topological polar surface area (TPSA) is 142 Å². The number of anilines is 2. The summed E-state index contributed by atoms with van der Waals surface area (Å²) in [5, 5.41) is 30.1. The van der Waals surface area contributed by atoms with Gasteiger partial charge in [-0.1, -0.05) is 24.3 Å². The van der Waals surface area contributed by atoms with Crippen molar-refractivity contribution in [1.82, 2.24) is 20.3 Å². The van der Waals surface area contributed by atoms with Gasteiger partial charge in [0.25, 0.3) is 0 Å². The van der Waals surface area contributed by atoms with Gasteiger partial charge in [0.05, 0.1) is 36.2 Å². The van der Waals surface area contributed by atoms with Crippen molar-refractivity contribution >= 4 is 25.6 Å². The van der Waals surface area contributed by atoms with E-state index in [0.29, 0.717) is 39.0 Å². The lowest BCUT2D eigenvalue weighted by Crippen LogP contribution is -2.49. The number of carbonyl (C=O) groups is 1. The van der Waals surface area contributed by atoms with Crippen molar-refractivity contribution in [2.45, 2.75) is 102 Å². The number of nitrogens with zero attached hydrogens (tertiary/aromatic N) is 4. The summed E-state index contributed by atoms with van der Waals surface area (Å²) in [4.78, 5) is 26.9. The number of benzene rings is 2. The summed E-state index contributed by atoms with van der Waals surface area (Å²) in [6.07, 6.45) is 6.84. The van der Waals surface area contributed by atoms with E-state index in [0.717, 1.165) is 54.1 Å². The summed E-state index contributed by atoms with van der Waals surface area (Å²) in [6, 6.07) is 13.8. The van der Waals surface area contributed by atoms with Crippen LogP contribution in [0, 0.1) is 5.92 Å².